The summed E-state index contributed by atoms with van der Waals surface area (Å²) in [4.78, 5) is 28.0. The van der Waals surface area contributed by atoms with E-state index in [1.54, 1.807) is 6.92 Å². The fourth-order valence-corrected chi connectivity index (χ4v) is 5.38. The van der Waals surface area contributed by atoms with E-state index in [0.29, 0.717) is 16.9 Å². The van der Waals surface area contributed by atoms with Gasteiger partial charge in [0.05, 0.1) is 25.8 Å². The van der Waals surface area contributed by atoms with Crippen LogP contribution in [0.3, 0.4) is 0 Å². The van der Waals surface area contributed by atoms with Crippen LogP contribution in [0.2, 0.25) is 0 Å². The first-order chi connectivity index (χ1) is 21.3. The minimum atomic E-state index is -4.64. The molecule has 0 saturated heterocycles. The van der Waals surface area contributed by atoms with Gasteiger partial charge in [0.2, 0.25) is 5.76 Å². The number of hydrogen-bond donors (Lipinski definition) is 0. The molecule has 8 heteroatoms. The van der Waals surface area contributed by atoms with Gasteiger partial charge in [0, 0.05) is 11.0 Å². The molecule has 0 unspecified atom stereocenters. The van der Waals surface area contributed by atoms with Crippen LogP contribution in [0.25, 0.3) is 21.9 Å². The first-order valence-electron chi connectivity index (χ1n) is 14.5. The van der Waals surface area contributed by atoms with E-state index in [9.17, 15) is 22.8 Å². The third kappa shape index (κ3) is 6.50. The fourth-order valence-electron chi connectivity index (χ4n) is 5.38. The molecule has 45 heavy (non-hydrogen) atoms. The summed E-state index contributed by atoms with van der Waals surface area (Å²) < 4.78 is 50.9. The molecule has 5 nitrogen and oxygen atoms in total. The molecule has 0 N–H and O–H groups in total. The Kier molecular flexibility index (Phi) is 8.61. The Bertz CT molecular complexity index is 1890. The topological polar surface area (TPSA) is 59.8 Å². The molecule has 0 aliphatic heterocycles. The van der Waals surface area contributed by atoms with Gasteiger partial charge in [-0.25, -0.2) is 0 Å². The maximum absolute atomic E-state index is 14.3. The Morgan fingerprint density at radius 2 is 1.58 bits per heavy atom. The number of ketones is 1. The summed E-state index contributed by atoms with van der Waals surface area (Å²) in [6.07, 6.45) is -4.64. The van der Waals surface area contributed by atoms with E-state index >= 15 is 0 Å². The van der Waals surface area contributed by atoms with E-state index in [0.717, 1.165) is 39.1 Å². The van der Waals surface area contributed by atoms with Crippen molar-refractivity contribution in [2.75, 3.05) is 7.11 Å². The van der Waals surface area contributed by atoms with Crippen LogP contribution >= 0.6 is 0 Å². The molecule has 232 valence electrons. The zero-order valence-electron chi connectivity index (χ0n) is 25.8. The van der Waals surface area contributed by atoms with E-state index in [4.69, 9.17) is 9.15 Å². The minimum Gasteiger partial charge on any atom is -0.496 e. The lowest BCUT2D eigenvalue weighted by Crippen LogP contribution is -2.31. The molecular formula is C37H34F3NO4. The Hall–Kier alpha value is -4.85. The number of halogens is 3. The predicted molar refractivity (Wildman–Crippen MR) is 168 cm³/mol. The number of methoxy groups -OCH3 is 1. The van der Waals surface area contributed by atoms with Crippen molar-refractivity contribution in [3.8, 4) is 16.9 Å². The van der Waals surface area contributed by atoms with Gasteiger partial charge in [0.1, 0.15) is 17.3 Å². The van der Waals surface area contributed by atoms with E-state index in [2.05, 4.69) is 0 Å². The number of amides is 1. The highest BCUT2D eigenvalue weighted by atomic mass is 19.4. The maximum Gasteiger partial charge on any atom is 0.449 e. The molecule has 0 bridgehead atoms. The lowest BCUT2D eigenvalue weighted by Gasteiger charge is -2.25. The molecule has 0 fully saturated rings. The van der Waals surface area contributed by atoms with Crippen molar-refractivity contribution >= 4 is 22.5 Å². The number of ether oxygens (including phenoxy) is 1. The van der Waals surface area contributed by atoms with E-state index in [1.807, 2.05) is 99.6 Å². The van der Waals surface area contributed by atoms with Crippen LogP contribution in [0.15, 0.2) is 95.4 Å². The van der Waals surface area contributed by atoms with Crippen molar-refractivity contribution in [2.24, 2.45) is 0 Å². The van der Waals surface area contributed by atoms with Crippen molar-refractivity contribution in [3.63, 3.8) is 0 Å². The van der Waals surface area contributed by atoms with Gasteiger partial charge in [0.25, 0.3) is 5.91 Å². The van der Waals surface area contributed by atoms with Gasteiger partial charge in [-0.3, -0.25) is 9.59 Å². The zero-order valence-corrected chi connectivity index (χ0v) is 25.8. The summed E-state index contributed by atoms with van der Waals surface area (Å²) in [5.74, 6) is -0.902. The average Bonchev–Trinajstić information content (AvgIpc) is 3.50. The van der Waals surface area contributed by atoms with Crippen LogP contribution in [0, 0.1) is 6.92 Å². The number of carbonyl (C=O) groups is 2. The second kappa shape index (κ2) is 12.3. The number of carbonyl (C=O) groups excluding carboxylic acids is 2. The summed E-state index contributed by atoms with van der Waals surface area (Å²) in [7, 11) is 1.53. The molecule has 0 aliphatic rings. The van der Waals surface area contributed by atoms with Gasteiger partial charge >= 0.3 is 6.18 Å². The predicted octanol–water partition coefficient (Wildman–Crippen LogP) is 9.14. The van der Waals surface area contributed by atoms with Crippen molar-refractivity contribution < 1.29 is 31.9 Å². The van der Waals surface area contributed by atoms with E-state index < -0.39 is 17.4 Å². The number of fused-ring (bicyclic) bond motifs is 1. The Morgan fingerprint density at radius 3 is 2.27 bits per heavy atom. The maximum atomic E-state index is 14.3. The van der Waals surface area contributed by atoms with Crippen LogP contribution in [-0.2, 0) is 29.5 Å². The highest BCUT2D eigenvalue weighted by molar-refractivity contribution is 6.08. The molecule has 1 aromatic heterocycles. The number of nitrogens with zero attached hydrogens (tertiary/aromatic N) is 1. The van der Waals surface area contributed by atoms with Crippen molar-refractivity contribution in [2.45, 2.75) is 52.4 Å². The molecule has 1 heterocycles. The summed E-state index contributed by atoms with van der Waals surface area (Å²) in [6.45, 7) is 7.04. The summed E-state index contributed by atoms with van der Waals surface area (Å²) in [5.41, 5.74) is 3.84. The largest absolute Gasteiger partial charge is 0.496 e. The van der Waals surface area contributed by atoms with Gasteiger partial charge < -0.3 is 14.1 Å². The Morgan fingerprint density at radius 1 is 0.844 bits per heavy atom. The van der Waals surface area contributed by atoms with Crippen molar-refractivity contribution in [3.05, 3.63) is 125 Å². The molecule has 1 amide bonds. The first-order valence-corrected chi connectivity index (χ1v) is 14.5. The zero-order chi connectivity index (χ0) is 32.5. The molecule has 0 spiro atoms. The monoisotopic (exact) mass is 613 g/mol. The summed E-state index contributed by atoms with van der Waals surface area (Å²) >= 11 is 0. The van der Waals surface area contributed by atoms with Gasteiger partial charge in [-0.15, -0.1) is 0 Å². The fraction of sp³-hybridized carbons (Fsp3) is 0.243. The standard InChI is InChI=1S/C37H34F3NO4/c1-23-13-14-25-9-6-7-12-31(25)34(23)35(43)41(22-30-17-18-33(45-30)37(38,39)40)21-28-16-15-27(20-32(28)44-5)26-10-8-11-29(19-26)36(3,4)24(2)42/h6-20H,21-22H2,1-5H3. The molecule has 0 atom stereocenters. The van der Waals surface area contributed by atoms with Gasteiger partial charge in [-0.1, -0.05) is 72.8 Å². The summed E-state index contributed by atoms with van der Waals surface area (Å²) in [6, 6.07) is 26.8. The normalized spacial score (nSPS) is 11.9. The van der Waals surface area contributed by atoms with Gasteiger partial charge in [-0.05, 0) is 78.9 Å². The molecule has 0 saturated carbocycles. The number of alkyl halides is 3. The van der Waals surface area contributed by atoms with Crippen LogP contribution in [0.4, 0.5) is 13.2 Å². The lowest BCUT2D eigenvalue weighted by molar-refractivity contribution is -0.153. The number of Topliss-reactive ketones (excluding diaryl/α,β-unsaturated/α-hetero) is 1. The highest BCUT2D eigenvalue weighted by Gasteiger charge is 2.35. The van der Waals surface area contributed by atoms with Crippen LogP contribution in [0.5, 0.6) is 5.75 Å². The number of furan rings is 1. The van der Waals surface area contributed by atoms with Crippen LogP contribution in [0.1, 0.15) is 59.3 Å². The smallest absolute Gasteiger partial charge is 0.449 e. The Balaban J connectivity index is 1.54. The SMILES string of the molecule is COc1cc(-c2cccc(C(C)(C)C(C)=O)c2)ccc1CN(Cc1ccc(C(F)(F)F)o1)C(=O)c1c(C)ccc2ccccc12. The average molecular weight is 614 g/mol. The minimum absolute atomic E-state index is 0.00838. The molecule has 0 aliphatic carbocycles. The van der Waals surface area contributed by atoms with Crippen molar-refractivity contribution in [1.82, 2.24) is 4.90 Å². The summed E-state index contributed by atoms with van der Waals surface area (Å²) in [5, 5.41) is 1.62. The second-order valence-corrected chi connectivity index (χ2v) is 11.7. The lowest BCUT2D eigenvalue weighted by atomic mass is 9.80. The highest BCUT2D eigenvalue weighted by Crippen LogP contribution is 2.34. The van der Waals surface area contributed by atoms with Gasteiger partial charge in [0.15, 0.2) is 0 Å². The first kappa shape index (κ1) is 31.6. The molecular weight excluding hydrogens is 579 g/mol. The van der Waals surface area contributed by atoms with Crippen LogP contribution < -0.4 is 4.74 Å². The molecule has 4 aromatic carbocycles. The second-order valence-electron chi connectivity index (χ2n) is 11.7. The molecule has 5 aromatic rings. The van der Waals surface area contributed by atoms with Crippen molar-refractivity contribution in [1.29, 1.82) is 0 Å². The van der Waals surface area contributed by atoms with Gasteiger partial charge in [-0.2, -0.15) is 13.2 Å². The molecule has 5 rings (SSSR count). The third-order valence-electron chi connectivity index (χ3n) is 8.37. The molecule has 0 radical (unpaired) electrons. The number of aryl methyl sites for hydroxylation is 1. The quantitative estimate of drug-likeness (QED) is 0.166. The Labute approximate surface area is 260 Å². The number of benzene rings is 4. The van der Waals surface area contributed by atoms with Crippen LogP contribution in [-0.4, -0.2) is 23.7 Å². The van der Waals surface area contributed by atoms with E-state index in [-0.39, 0.29) is 30.5 Å². The van der Waals surface area contributed by atoms with E-state index in [1.165, 1.54) is 18.1 Å². The number of hydrogen-bond acceptors (Lipinski definition) is 4. The third-order valence-corrected chi connectivity index (χ3v) is 8.37. The number of rotatable bonds is 9.